The van der Waals surface area contributed by atoms with Gasteiger partial charge in [-0.3, -0.25) is 4.79 Å². The van der Waals surface area contributed by atoms with E-state index < -0.39 is 0 Å². The van der Waals surface area contributed by atoms with Gasteiger partial charge in [-0.15, -0.1) is 0 Å². The Bertz CT molecular complexity index is 1050. The van der Waals surface area contributed by atoms with Crippen LogP contribution in [0.15, 0.2) is 30.6 Å². The Morgan fingerprint density at radius 1 is 1.14 bits per heavy atom. The Morgan fingerprint density at radius 2 is 1.86 bits per heavy atom. The van der Waals surface area contributed by atoms with E-state index in [0.717, 1.165) is 63.0 Å². The number of nitrogens with zero attached hydrogens (tertiary/aromatic N) is 4. The fraction of sp³-hybridized carbons (Fsp3) is 0.621. The molecule has 6 nitrogen and oxygen atoms in total. The smallest absolute Gasteiger partial charge is 0.227 e. The molecule has 0 bridgehead atoms. The van der Waals surface area contributed by atoms with E-state index in [9.17, 15) is 9.18 Å². The predicted octanol–water partition coefficient (Wildman–Crippen LogP) is 5.92. The van der Waals surface area contributed by atoms with Gasteiger partial charge in [-0.2, -0.15) is 0 Å². The average Bonchev–Trinajstić information content (AvgIpc) is 3.70. The van der Waals surface area contributed by atoms with Crippen molar-refractivity contribution in [3.63, 3.8) is 0 Å². The molecule has 2 heterocycles. The molecular formula is C29H38ClFN4O2. The number of likely N-dealkylation sites (N-methyl/N-ethyl adjacent to an activating group) is 1. The molecule has 200 valence electrons. The quantitative estimate of drug-likeness (QED) is 0.404. The summed E-state index contributed by atoms with van der Waals surface area (Å²) < 4.78 is 20.6. The van der Waals surface area contributed by atoms with Gasteiger partial charge >= 0.3 is 0 Å². The summed E-state index contributed by atoms with van der Waals surface area (Å²) >= 11 is 5.90. The first-order valence-corrected chi connectivity index (χ1v) is 14.2. The van der Waals surface area contributed by atoms with Crippen LogP contribution in [0.25, 0.3) is 0 Å². The van der Waals surface area contributed by atoms with Crippen LogP contribution in [0.5, 0.6) is 5.75 Å². The molecule has 0 N–H and O–H groups in total. The highest BCUT2D eigenvalue weighted by Crippen LogP contribution is 2.49. The van der Waals surface area contributed by atoms with Crippen LogP contribution < -0.4 is 9.64 Å². The van der Waals surface area contributed by atoms with E-state index in [0.29, 0.717) is 34.9 Å². The van der Waals surface area contributed by atoms with Gasteiger partial charge in [-0.05, 0) is 67.9 Å². The van der Waals surface area contributed by atoms with Gasteiger partial charge in [0, 0.05) is 32.2 Å². The summed E-state index contributed by atoms with van der Waals surface area (Å²) in [5.74, 6) is 3.15. The molecule has 8 heteroatoms. The van der Waals surface area contributed by atoms with Crippen molar-refractivity contribution in [1.29, 1.82) is 0 Å². The minimum atomic E-state index is -0.358. The molecule has 2 atom stereocenters. The molecule has 2 saturated carbocycles. The van der Waals surface area contributed by atoms with Gasteiger partial charge < -0.3 is 14.5 Å². The fourth-order valence-corrected chi connectivity index (χ4v) is 6.32. The number of hydrogen-bond acceptors (Lipinski definition) is 5. The highest BCUT2D eigenvalue weighted by Gasteiger charge is 2.43. The zero-order chi connectivity index (χ0) is 25.8. The van der Waals surface area contributed by atoms with Crippen LogP contribution in [-0.2, 0) is 11.2 Å². The highest BCUT2D eigenvalue weighted by atomic mass is 35.5. The van der Waals surface area contributed by atoms with Crippen molar-refractivity contribution in [2.75, 3.05) is 31.6 Å². The Kier molecular flexibility index (Phi) is 8.48. The van der Waals surface area contributed by atoms with Crippen molar-refractivity contribution in [1.82, 2.24) is 14.9 Å². The number of benzene rings is 1. The number of amides is 1. The second-order valence-corrected chi connectivity index (χ2v) is 11.5. The van der Waals surface area contributed by atoms with Gasteiger partial charge in [-0.25, -0.2) is 14.4 Å². The molecule has 1 saturated heterocycles. The molecule has 0 spiro atoms. The Balaban J connectivity index is 1.02. The van der Waals surface area contributed by atoms with Gasteiger partial charge in [0.1, 0.15) is 11.6 Å². The van der Waals surface area contributed by atoms with Crippen LogP contribution in [0.3, 0.4) is 0 Å². The number of carbonyl (C=O) groups excluding carboxylic acids is 1. The maximum atomic E-state index is 14.7. The van der Waals surface area contributed by atoms with Gasteiger partial charge in [0.25, 0.3) is 0 Å². The molecule has 3 fully saturated rings. The standard InChI is InChI=1S/C29H38ClFN4O2/c1-34(24-5-3-2-4-6-24)28(36)16-22-7-8-25(17-27(22)31)37-14-11-21-15-26(21)20-9-12-35(13-10-20)29-32-18-23(30)19-33-29/h7-8,17-21,24,26H,2-6,9-16H2,1H3/t21-,26-/m1/s1. The lowest BCUT2D eigenvalue weighted by Gasteiger charge is -2.32. The van der Waals surface area contributed by atoms with E-state index in [4.69, 9.17) is 16.3 Å². The molecule has 1 aliphatic heterocycles. The molecule has 0 radical (unpaired) electrons. The Labute approximate surface area is 224 Å². The first kappa shape index (κ1) is 26.2. The third kappa shape index (κ3) is 6.73. The van der Waals surface area contributed by atoms with E-state index in [1.165, 1.54) is 31.7 Å². The van der Waals surface area contributed by atoms with Crippen molar-refractivity contribution >= 4 is 23.5 Å². The summed E-state index contributed by atoms with van der Waals surface area (Å²) in [6.45, 7) is 2.56. The third-order valence-corrected chi connectivity index (χ3v) is 8.85. The molecule has 1 aromatic carbocycles. The van der Waals surface area contributed by atoms with Crippen LogP contribution in [0.4, 0.5) is 10.3 Å². The lowest BCUT2D eigenvalue weighted by Crippen LogP contribution is -2.39. The number of piperidine rings is 1. The second-order valence-electron chi connectivity index (χ2n) is 11.0. The van der Waals surface area contributed by atoms with E-state index in [2.05, 4.69) is 14.9 Å². The van der Waals surface area contributed by atoms with Gasteiger partial charge in [-0.1, -0.05) is 36.9 Å². The van der Waals surface area contributed by atoms with E-state index in [-0.39, 0.29) is 18.1 Å². The molecule has 0 unspecified atom stereocenters. The fourth-order valence-electron chi connectivity index (χ4n) is 6.23. The summed E-state index contributed by atoms with van der Waals surface area (Å²) in [6.07, 6.45) is 13.7. The van der Waals surface area contributed by atoms with E-state index in [1.807, 2.05) is 11.9 Å². The summed E-state index contributed by atoms with van der Waals surface area (Å²) in [5.41, 5.74) is 0.442. The maximum Gasteiger partial charge on any atom is 0.227 e. The number of rotatable bonds is 9. The monoisotopic (exact) mass is 528 g/mol. The van der Waals surface area contributed by atoms with Crippen molar-refractivity contribution < 1.29 is 13.9 Å². The molecule has 5 rings (SSSR count). The first-order valence-electron chi connectivity index (χ1n) is 13.9. The summed E-state index contributed by atoms with van der Waals surface area (Å²) in [4.78, 5) is 25.4. The number of anilines is 1. The summed E-state index contributed by atoms with van der Waals surface area (Å²) in [5, 5.41) is 0.563. The van der Waals surface area contributed by atoms with Gasteiger partial charge in [0.2, 0.25) is 11.9 Å². The largest absolute Gasteiger partial charge is 0.493 e. The summed E-state index contributed by atoms with van der Waals surface area (Å²) in [7, 11) is 1.86. The SMILES string of the molecule is CN(C(=O)Cc1ccc(OCC[C@@H]2C[C@@H]2C2CCN(c3ncc(Cl)cn3)CC2)cc1F)C1CCCCC1. The lowest BCUT2D eigenvalue weighted by atomic mass is 9.90. The van der Waals surface area contributed by atoms with Crippen LogP contribution in [0.2, 0.25) is 5.02 Å². The maximum absolute atomic E-state index is 14.7. The predicted molar refractivity (Wildman–Crippen MR) is 143 cm³/mol. The summed E-state index contributed by atoms with van der Waals surface area (Å²) in [6, 6.07) is 5.23. The van der Waals surface area contributed by atoms with Crippen molar-refractivity contribution in [3.8, 4) is 5.75 Å². The number of halogens is 2. The second kappa shape index (κ2) is 12.0. The van der Waals surface area contributed by atoms with Crippen LogP contribution in [0, 0.1) is 23.6 Å². The molecule has 1 amide bonds. The number of hydrogen-bond donors (Lipinski definition) is 0. The number of carbonyl (C=O) groups is 1. The van der Waals surface area contributed by atoms with Crippen molar-refractivity contribution in [2.45, 2.75) is 70.3 Å². The molecule has 1 aromatic heterocycles. The van der Waals surface area contributed by atoms with Crippen molar-refractivity contribution in [2.24, 2.45) is 17.8 Å². The van der Waals surface area contributed by atoms with Gasteiger partial charge in [0.15, 0.2) is 0 Å². The van der Waals surface area contributed by atoms with E-state index >= 15 is 0 Å². The molecule has 2 aromatic rings. The van der Waals surface area contributed by atoms with Crippen LogP contribution >= 0.6 is 11.6 Å². The third-order valence-electron chi connectivity index (χ3n) is 8.65. The number of aromatic nitrogens is 2. The normalized spacial score (nSPS) is 22.6. The topological polar surface area (TPSA) is 58.6 Å². The molecule has 37 heavy (non-hydrogen) atoms. The van der Waals surface area contributed by atoms with Crippen LogP contribution in [-0.4, -0.2) is 53.6 Å². The molecule has 3 aliphatic rings. The molecule has 2 aliphatic carbocycles. The zero-order valence-corrected chi connectivity index (χ0v) is 22.5. The Morgan fingerprint density at radius 3 is 2.57 bits per heavy atom. The molecular weight excluding hydrogens is 491 g/mol. The minimum Gasteiger partial charge on any atom is -0.493 e. The first-order chi connectivity index (χ1) is 18.0. The minimum absolute atomic E-state index is 0.00855. The van der Waals surface area contributed by atoms with Crippen molar-refractivity contribution in [3.05, 3.63) is 47.0 Å². The Hall–Kier alpha value is -2.41. The van der Waals surface area contributed by atoms with Gasteiger partial charge in [0.05, 0.1) is 30.4 Å². The number of ether oxygens (including phenoxy) is 1. The zero-order valence-electron chi connectivity index (χ0n) is 21.7. The van der Waals surface area contributed by atoms with E-state index in [1.54, 1.807) is 24.5 Å². The van der Waals surface area contributed by atoms with Crippen LogP contribution in [0.1, 0.15) is 63.4 Å². The highest BCUT2D eigenvalue weighted by molar-refractivity contribution is 6.30. The lowest BCUT2D eigenvalue weighted by molar-refractivity contribution is -0.131. The average molecular weight is 529 g/mol.